The summed E-state index contributed by atoms with van der Waals surface area (Å²) in [5, 5.41) is 14.5. The van der Waals surface area contributed by atoms with Crippen molar-refractivity contribution in [2.24, 2.45) is 0 Å². The number of imidazole rings is 1. The highest BCUT2D eigenvalue weighted by Crippen LogP contribution is 2.12. The Bertz CT molecular complexity index is 457. The molecule has 0 bridgehead atoms. The van der Waals surface area contributed by atoms with Crippen LogP contribution in [0.1, 0.15) is 24.7 Å². The Kier molecular flexibility index (Phi) is 3.61. The molecule has 0 fully saturated rings. The SMILES string of the molecule is CC[C@H](NC(=O)C1Cc2nc[nH]c2CN1)C(=O)O. The number of nitrogens with one attached hydrogen (secondary N) is 3. The standard InChI is InChI=1S/C11H16N4O3/c1-2-6(11(17)18)15-10(16)8-3-7-9(4-12-8)14-5-13-7/h5-6,8,12H,2-4H2,1H3,(H,13,14)(H,15,16)(H,17,18)/t6-,8?/m0/s1. The topological polar surface area (TPSA) is 107 Å². The van der Waals surface area contributed by atoms with Crippen LogP contribution in [0.25, 0.3) is 0 Å². The van der Waals surface area contributed by atoms with Crippen molar-refractivity contribution in [2.75, 3.05) is 0 Å². The van der Waals surface area contributed by atoms with E-state index in [0.717, 1.165) is 11.4 Å². The molecule has 1 aliphatic heterocycles. The van der Waals surface area contributed by atoms with Crippen molar-refractivity contribution in [1.29, 1.82) is 0 Å². The van der Waals surface area contributed by atoms with E-state index in [2.05, 4.69) is 20.6 Å². The number of carboxylic acid groups (broad SMARTS) is 1. The van der Waals surface area contributed by atoms with E-state index >= 15 is 0 Å². The molecule has 0 aromatic carbocycles. The highest BCUT2D eigenvalue weighted by Gasteiger charge is 2.28. The molecule has 98 valence electrons. The van der Waals surface area contributed by atoms with E-state index in [4.69, 9.17) is 5.11 Å². The lowest BCUT2D eigenvalue weighted by Crippen LogP contribution is -2.52. The Balaban J connectivity index is 1.97. The zero-order valence-electron chi connectivity index (χ0n) is 10.1. The number of aliphatic carboxylic acids is 1. The van der Waals surface area contributed by atoms with Gasteiger partial charge in [0.1, 0.15) is 6.04 Å². The van der Waals surface area contributed by atoms with Gasteiger partial charge in [0.15, 0.2) is 0 Å². The Morgan fingerprint density at radius 3 is 3.11 bits per heavy atom. The number of carboxylic acids is 1. The fourth-order valence-electron chi connectivity index (χ4n) is 1.97. The minimum Gasteiger partial charge on any atom is -0.480 e. The van der Waals surface area contributed by atoms with Gasteiger partial charge in [-0.3, -0.25) is 10.1 Å². The van der Waals surface area contributed by atoms with Crippen molar-refractivity contribution in [3.8, 4) is 0 Å². The first-order valence-electron chi connectivity index (χ1n) is 5.89. The Morgan fingerprint density at radius 1 is 1.67 bits per heavy atom. The minimum atomic E-state index is -1.01. The monoisotopic (exact) mass is 252 g/mol. The number of hydrogen-bond donors (Lipinski definition) is 4. The molecule has 1 unspecified atom stereocenters. The third-order valence-corrected chi connectivity index (χ3v) is 3.07. The smallest absolute Gasteiger partial charge is 0.326 e. The summed E-state index contributed by atoms with van der Waals surface area (Å²) in [4.78, 5) is 29.9. The number of carbonyl (C=O) groups excluding carboxylic acids is 1. The molecule has 0 saturated heterocycles. The summed E-state index contributed by atoms with van der Waals surface area (Å²) in [5.74, 6) is -1.31. The molecule has 2 rings (SSSR count). The second-order valence-electron chi connectivity index (χ2n) is 4.27. The number of amides is 1. The highest BCUT2D eigenvalue weighted by atomic mass is 16.4. The van der Waals surface area contributed by atoms with E-state index in [9.17, 15) is 9.59 Å². The Labute approximate surface area is 104 Å². The molecule has 0 saturated carbocycles. The number of fused-ring (bicyclic) bond motifs is 1. The fourth-order valence-corrected chi connectivity index (χ4v) is 1.97. The molecule has 1 aliphatic rings. The van der Waals surface area contributed by atoms with Gasteiger partial charge in [-0.1, -0.05) is 6.92 Å². The van der Waals surface area contributed by atoms with Gasteiger partial charge in [0.2, 0.25) is 5.91 Å². The molecule has 0 radical (unpaired) electrons. The molecule has 1 amide bonds. The normalized spacial score (nSPS) is 19.9. The predicted octanol–water partition coefficient (Wildman–Crippen LogP) is -0.597. The van der Waals surface area contributed by atoms with Gasteiger partial charge in [-0.05, 0) is 6.42 Å². The molecular weight excluding hydrogens is 236 g/mol. The van der Waals surface area contributed by atoms with Crippen LogP contribution in [-0.2, 0) is 22.6 Å². The molecule has 0 spiro atoms. The average molecular weight is 252 g/mol. The number of nitrogens with zero attached hydrogens (tertiary/aromatic N) is 1. The van der Waals surface area contributed by atoms with E-state index in [1.807, 2.05) is 0 Å². The van der Waals surface area contributed by atoms with Crippen LogP contribution in [0.5, 0.6) is 0 Å². The molecule has 2 atom stereocenters. The third-order valence-electron chi connectivity index (χ3n) is 3.07. The van der Waals surface area contributed by atoms with Gasteiger partial charge in [0.25, 0.3) is 0 Å². The minimum absolute atomic E-state index is 0.294. The van der Waals surface area contributed by atoms with Crippen LogP contribution in [0.4, 0.5) is 0 Å². The van der Waals surface area contributed by atoms with E-state index in [-0.39, 0.29) is 5.91 Å². The largest absolute Gasteiger partial charge is 0.480 e. The molecule has 18 heavy (non-hydrogen) atoms. The second kappa shape index (κ2) is 5.18. The van der Waals surface area contributed by atoms with E-state index in [1.54, 1.807) is 13.3 Å². The summed E-state index contributed by atoms with van der Waals surface area (Å²) in [6, 6.07) is -1.26. The van der Waals surface area contributed by atoms with Gasteiger partial charge >= 0.3 is 5.97 Å². The molecule has 7 heteroatoms. The highest BCUT2D eigenvalue weighted by molar-refractivity contribution is 5.87. The first-order chi connectivity index (χ1) is 8.61. The number of carbonyl (C=O) groups is 2. The van der Waals surface area contributed by atoms with Crippen molar-refractivity contribution in [3.05, 3.63) is 17.7 Å². The molecule has 7 nitrogen and oxygen atoms in total. The van der Waals surface area contributed by atoms with Crippen LogP contribution in [0, 0.1) is 0 Å². The third kappa shape index (κ3) is 2.51. The summed E-state index contributed by atoms with van der Waals surface area (Å²) < 4.78 is 0. The summed E-state index contributed by atoms with van der Waals surface area (Å²) in [6.45, 7) is 2.26. The first-order valence-corrected chi connectivity index (χ1v) is 5.89. The zero-order chi connectivity index (χ0) is 13.1. The van der Waals surface area contributed by atoms with Gasteiger partial charge in [0.05, 0.1) is 23.8 Å². The first kappa shape index (κ1) is 12.6. The maximum Gasteiger partial charge on any atom is 0.326 e. The van der Waals surface area contributed by atoms with Crippen molar-refractivity contribution in [1.82, 2.24) is 20.6 Å². The quantitative estimate of drug-likeness (QED) is 0.572. The van der Waals surface area contributed by atoms with Gasteiger partial charge in [-0.15, -0.1) is 0 Å². The van der Waals surface area contributed by atoms with E-state index < -0.39 is 18.1 Å². The van der Waals surface area contributed by atoms with Gasteiger partial charge < -0.3 is 15.4 Å². The molecule has 4 N–H and O–H groups in total. The number of aromatic nitrogens is 2. The molecule has 0 aliphatic carbocycles. The Morgan fingerprint density at radius 2 is 2.44 bits per heavy atom. The second-order valence-corrected chi connectivity index (χ2v) is 4.27. The Hall–Kier alpha value is -1.89. The summed E-state index contributed by atoms with van der Waals surface area (Å²) in [6.07, 6.45) is 2.43. The van der Waals surface area contributed by atoms with Crippen LogP contribution < -0.4 is 10.6 Å². The number of H-pyrrole nitrogens is 1. The van der Waals surface area contributed by atoms with Crippen LogP contribution >= 0.6 is 0 Å². The van der Waals surface area contributed by atoms with Gasteiger partial charge in [-0.25, -0.2) is 9.78 Å². The molecule has 1 aromatic rings. The lowest BCUT2D eigenvalue weighted by molar-refractivity contribution is -0.142. The lowest BCUT2D eigenvalue weighted by atomic mass is 10.0. The van der Waals surface area contributed by atoms with Crippen LogP contribution in [0.3, 0.4) is 0 Å². The average Bonchev–Trinajstić information content (AvgIpc) is 2.82. The molecule has 1 aromatic heterocycles. The summed E-state index contributed by atoms with van der Waals surface area (Å²) in [7, 11) is 0. The summed E-state index contributed by atoms with van der Waals surface area (Å²) in [5.41, 5.74) is 1.83. The molecule has 2 heterocycles. The van der Waals surface area contributed by atoms with Crippen molar-refractivity contribution < 1.29 is 14.7 Å². The van der Waals surface area contributed by atoms with E-state index in [1.165, 1.54) is 0 Å². The van der Waals surface area contributed by atoms with Gasteiger partial charge in [0, 0.05) is 13.0 Å². The van der Waals surface area contributed by atoms with Crippen LogP contribution in [-0.4, -0.2) is 39.0 Å². The number of hydrogen-bond acceptors (Lipinski definition) is 4. The fraction of sp³-hybridized carbons (Fsp3) is 0.545. The van der Waals surface area contributed by atoms with Crippen LogP contribution in [0.2, 0.25) is 0 Å². The number of rotatable bonds is 4. The zero-order valence-corrected chi connectivity index (χ0v) is 10.1. The van der Waals surface area contributed by atoms with Gasteiger partial charge in [-0.2, -0.15) is 0 Å². The number of aromatic amines is 1. The lowest BCUT2D eigenvalue weighted by Gasteiger charge is -2.23. The van der Waals surface area contributed by atoms with E-state index in [0.29, 0.717) is 19.4 Å². The predicted molar refractivity (Wildman–Crippen MR) is 62.8 cm³/mol. The molecular formula is C11H16N4O3. The maximum absolute atomic E-state index is 11.9. The maximum atomic E-state index is 11.9. The van der Waals surface area contributed by atoms with Crippen molar-refractivity contribution >= 4 is 11.9 Å². The van der Waals surface area contributed by atoms with Crippen molar-refractivity contribution in [2.45, 2.75) is 38.4 Å². The van der Waals surface area contributed by atoms with Crippen LogP contribution in [0.15, 0.2) is 6.33 Å². The summed E-state index contributed by atoms with van der Waals surface area (Å²) >= 11 is 0. The van der Waals surface area contributed by atoms with Crippen molar-refractivity contribution in [3.63, 3.8) is 0 Å².